The number of nitrogens with zero attached hydrogens (tertiary/aromatic N) is 1. The minimum atomic E-state index is 0.163. The van der Waals surface area contributed by atoms with Crippen LogP contribution < -0.4 is 5.32 Å². The average Bonchev–Trinajstić information content (AvgIpc) is 2.74. The molecule has 3 nitrogen and oxygen atoms in total. The summed E-state index contributed by atoms with van der Waals surface area (Å²) in [4.78, 5) is 2.61. The van der Waals surface area contributed by atoms with E-state index in [9.17, 15) is 0 Å². The van der Waals surface area contributed by atoms with Crippen LogP contribution in [0.1, 0.15) is 52.9 Å². The van der Waals surface area contributed by atoms with Crippen LogP contribution >= 0.6 is 0 Å². The third-order valence-electron chi connectivity index (χ3n) is 4.89. The Morgan fingerprint density at radius 3 is 2.70 bits per heavy atom. The van der Waals surface area contributed by atoms with Crippen molar-refractivity contribution in [3.8, 4) is 0 Å². The summed E-state index contributed by atoms with van der Waals surface area (Å²) in [5.74, 6) is 0. The van der Waals surface area contributed by atoms with Crippen LogP contribution in [0.2, 0.25) is 0 Å². The lowest BCUT2D eigenvalue weighted by Gasteiger charge is -2.47. The second-order valence-electron chi connectivity index (χ2n) is 6.62. The van der Waals surface area contributed by atoms with Crippen molar-refractivity contribution < 1.29 is 4.74 Å². The molecule has 1 heterocycles. The van der Waals surface area contributed by atoms with Crippen molar-refractivity contribution in [3.63, 3.8) is 0 Å². The molecule has 0 bridgehead atoms. The molecule has 1 atom stereocenters. The first kappa shape index (κ1) is 16.0. The Kier molecular flexibility index (Phi) is 6.06. The zero-order chi connectivity index (χ0) is 14.4. The van der Waals surface area contributed by atoms with Crippen molar-refractivity contribution in [1.29, 1.82) is 0 Å². The number of likely N-dealkylation sites (N-methyl/N-ethyl adjacent to an activating group) is 1. The molecule has 0 aromatic heterocycles. The van der Waals surface area contributed by atoms with Crippen LogP contribution in [0.15, 0.2) is 11.6 Å². The van der Waals surface area contributed by atoms with Gasteiger partial charge in [0, 0.05) is 24.7 Å². The zero-order valence-corrected chi connectivity index (χ0v) is 13.6. The first-order valence-corrected chi connectivity index (χ1v) is 8.41. The van der Waals surface area contributed by atoms with Crippen molar-refractivity contribution in [1.82, 2.24) is 10.2 Å². The Morgan fingerprint density at radius 1 is 1.25 bits per heavy atom. The minimum absolute atomic E-state index is 0.163. The quantitative estimate of drug-likeness (QED) is 0.784. The number of hydrogen-bond acceptors (Lipinski definition) is 3. The van der Waals surface area contributed by atoms with Crippen LogP contribution in [-0.2, 0) is 4.74 Å². The van der Waals surface area contributed by atoms with Crippen LogP contribution in [0.25, 0.3) is 0 Å². The highest BCUT2D eigenvalue weighted by Crippen LogP contribution is 2.30. The van der Waals surface area contributed by atoms with Crippen molar-refractivity contribution in [2.75, 3.05) is 32.8 Å². The van der Waals surface area contributed by atoms with Gasteiger partial charge in [-0.1, -0.05) is 25.0 Å². The standard InChI is InChI=1S/C17H32N2O/c1-4-18-16(15-9-7-5-6-8-10-15)17(2,3)19-11-13-20-14-12-19/h9,16,18H,4-8,10-14H2,1-3H3. The van der Waals surface area contributed by atoms with Gasteiger partial charge in [-0.25, -0.2) is 0 Å². The van der Waals surface area contributed by atoms with Crippen molar-refractivity contribution in [2.24, 2.45) is 0 Å². The van der Waals surface area contributed by atoms with Gasteiger partial charge < -0.3 is 10.1 Å². The van der Waals surface area contributed by atoms with Gasteiger partial charge in [-0.05, 0) is 46.1 Å². The summed E-state index contributed by atoms with van der Waals surface area (Å²) in [5, 5.41) is 3.77. The predicted molar refractivity (Wildman–Crippen MR) is 85.1 cm³/mol. The van der Waals surface area contributed by atoms with Crippen molar-refractivity contribution in [3.05, 3.63) is 11.6 Å². The van der Waals surface area contributed by atoms with Gasteiger partial charge >= 0.3 is 0 Å². The number of nitrogens with one attached hydrogen (secondary N) is 1. The lowest BCUT2D eigenvalue weighted by molar-refractivity contribution is -0.0191. The first-order chi connectivity index (χ1) is 9.66. The van der Waals surface area contributed by atoms with E-state index in [-0.39, 0.29) is 5.54 Å². The zero-order valence-electron chi connectivity index (χ0n) is 13.6. The SMILES string of the molecule is CCNC(C1=CCCCCC1)C(C)(C)N1CCOCC1. The van der Waals surface area contributed by atoms with Gasteiger partial charge in [0.25, 0.3) is 0 Å². The van der Waals surface area contributed by atoms with Crippen LogP contribution in [0, 0.1) is 0 Å². The molecule has 2 rings (SSSR count). The summed E-state index contributed by atoms with van der Waals surface area (Å²) in [6, 6.07) is 0.476. The highest BCUT2D eigenvalue weighted by molar-refractivity contribution is 5.19. The monoisotopic (exact) mass is 280 g/mol. The molecule has 2 aliphatic rings. The Morgan fingerprint density at radius 2 is 2.00 bits per heavy atom. The Bertz CT molecular complexity index is 319. The fourth-order valence-electron chi connectivity index (χ4n) is 3.66. The lowest BCUT2D eigenvalue weighted by Crippen LogP contribution is -2.61. The molecule has 1 aliphatic carbocycles. The summed E-state index contributed by atoms with van der Waals surface area (Å²) in [6.45, 7) is 11.9. The molecule has 0 aromatic rings. The molecule has 1 unspecified atom stereocenters. The largest absolute Gasteiger partial charge is 0.379 e. The van der Waals surface area contributed by atoms with E-state index in [0.29, 0.717) is 6.04 Å². The van der Waals surface area contributed by atoms with Crippen LogP contribution in [0.4, 0.5) is 0 Å². The smallest absolute Gasteiger partial charge is 0.0594 e. The summed E-state index contributed by atoms with van der Waals surface area (Å²) < 4.78 is 5.52. The highest BCUT2D eigenvalue weighted by Gasteiger charge is 2.37. The maximum Gasteiger partial charge on any atom is 0.0594 e. The molecule has 1 saturated heterocycles. The molecule has 1 aliphatic heterocycles. The van der Waals surface area contributed by atoms with Crippen LogP contribution in [0.5, 0.6) is 0 Å². The van der Waals surface area contributed by atoms with Gasteiger partial charge in [0.1, 0.15) is 0 Å². The molecule has 1 N–H and O–H groups in total. The Balaban J connectivity index is 2.14. The molecule has 0 amide bonds. The molecule has 0 radical (unpaired) electrons. The van der Waals surface area contributed by atoms with Gasteiger partial charge in [-0.15, -0.1) is 0 Å². The van der Waals surface area contributed by atoms with E-state index in [1.807, 2.05) is 0 Å². The summed E-state index contributed by atoms with van der Waals surface area (Å²) in [7, 11) is 0. The number of ether oxygens (including phenoxy) is 1. The van der Waals surface area contributed by atoms with Gasteiger partial charge in [0.15, 0.2) is 0 Å². The van der Waals surface area contributed by atoms with Gasteiger partial charge in [-0.3, -0.25) is 4.90 Å². The molecule has 0 spiro atoms. The lowest BCUT2D eigenvalue weighted by atomic mass is 9.84. The number of allylic oxidation sites excluding steroid dienone is 1. The maximum absolute atomic E-state index is 5.52. The number of rotatable bonds is 5. The maximum atomic E-state index is 5.52. The summed E-state index contributed by atoms with van der Waals surface area (Å²) in [6.07, 6.45) is 9.15. The molecule has 1 fully saturated rings. The topological polar surface area (TPSA) is 24.5 Å². The fraction of sp³-hybridized carbons (Fsp3) is 0.882. The molecular formula is C17H32N2O. The third kappa shape index (κ3) is 3.84. The minimum Gasteiger partial charge on any atom is -0.379 e. The van der Waals surface area contributed by atoms with E-state index in [2.05, 4.69) is 37.1 Å². The van der Waals surface area contributed by atoms with Crippen molar-refractivity contribution in [2.45, 2.75) is 64.5 Å². The molecule has 116 valence electrons. The van der Waals surface area contributed by atoms with E-state index >= 15 is 0 Å². The average molecular weight is 280 g/mol. The second-order valence-corrected chi connectivity index (χ2v) is 6.62. The summed E-state index contributed by atoms with van der Waals surface area (Å²) >= 11 is 0. The van der Waals surface area contributed by atoms with Crippen LogP contribution in [-0.4, -0.2) is 49.3 Å². The van der Waals surface area contributed by atoms with E-state index in [1.54, 1.807) is 5.57 Å². The Labute approximate surface area is 124 Å². The number of hydrogen-bond donors (Lipinski definition) is 1. The number of morpholine rings is 1. The molecule has 3 heteroatoms. The van der Waals surface area contributed by atoms with Crippen molar-refractivity contribution >= 4 is 0 Å². The van der Waals surface area contributed by atoms with E-state index in [4.69, 9.17) is 4.74 Å². The second kappa shape index (κ2) is 7.58. The van der Waals surface area contributed by atoms with Gasteiger partial charge in [0.05, 0.1) is 13.2 Å². The Hall–Kier alpha value is -0.380. The van der Waals surface area contributed by atoms with Crippen LogP contribution in [0.3, 0.4) is 0 Å². The first-order valence-electron chi connectivity index (χ1n) is 8.41. The van der Waals surface area contributed by atoms with E-state index in [1.165, 1.54) is 32.1 Å². The normalized spacial score (nSPS) is 24.1. The molecule has 0 aromatic carbocycles. The van der Waals surface area contributed by atoms with Gasteiger partial charge in [-0.2, -0.15) is 0 Å². The summed E-state index contributed by atoms with van der Waals surface area (Å²) in [5.41, 5.74) is 1.80. The third-order valence-corrected chi connectivity index (χ3v) is 4.89. The fourth-order valence-corrected chi connectivity index (χ4v) is 3.66. The molecular weight excluding hydrogens is 248 g/mol. The van der Waals surface area contributed by atoms with E-state index in [0.717, 1.165) is 32.8 Å². The van der Waals surface area contributed by atoms with E-state index < -0.39 is 0 Å². The molecule has 0 saturated carbocycles. The van der Waals surface area contributed by atoms with Gasteiger partial charge in [0.2, 0.25) is 0 Å². The predicted octanol–water partition coefficient (Wildman–Crippen LogP) is 2.97. The highest BCUT2D eigenvalue weighted by atomic mass is 16.5. The molecule has 20 heavy (non-hydrogen) atoms.